The van der Waals surface area contributed by atoms with Gasteiger partial charge in [-0.1, -0.05) is 28.1 Å². The number of methoxy groups -OCH3 is 1. The van der Waals surface area contributed by atoms with Crippen molar-refractivity contribution in [1.82, 2.24) is 0 Å². The van der Waals surface area contributed by atoms with Crippen molar-refractivity contribution >= 4 is 15.9 Å². The Balaban J connectivity index is 2.20. The summed E-state index contributed by atoms with van der Waals surface area (Å²) in [6, 6.07) is 9.70. The van der Waals surface area contributed by atoms with E-state index in [0.717, 1.165) is 38.2 Å². The number of rotatable bonds is 5. The van der Waals surface area contributed by atoms with Gasteiger partial charge in [-0.2, -0.15) is 0 Å². The monoisotopic (exact) mass is 350 g/mol. The molecule has 0 heterocycles. The van der Waals surface area contributed by atoms with E-state index in [1.807, 2.05) is 44.2 Å². The molecule has 0 aliphatic rings. The molecule has 0 fully saturated rings. The number of aliphatic hydroxyl groups is 1. The van der Waals surface area contributed by atoms with Crippen LogP contribution in [0.15, 0.2) is 34.8 Å². The molecule has 112 valence electrons. The Morgan fingerprint density at radius 1 is 1.10 bits per heavy atom. The Morgan fingerprint density at radius 3 is 2.33 bits per heavy atom. The van der Waals surface area contributed by atoms with E-state index in [0.29, 0.717) is 6.61 Å². The summed E-state index contributed by atoms with van der Waals surface area (Å²) in [7, 11) is 1.65. The molecule has 0 amide bonds. The summed E-state index contributed by atoms with van der Waals surface area (Å²) in [4.78, 5) is 0. The number of hydrogen-bond acceptors (Lipinski definition) is 3. The summed E-state index contributed by atoms with van der Waals surface area (Å²) in [6.45, 7) is 4.48. The molecule has 0 aromatic heterocycles. The van der Waals surface area contributed by atoms with Gasteiger partial charge in [-0.15, -0.1) is 0 Å². The van der Waals surface area contributed by atoms with Crippen molar-refractivity contribution in [3.8, 4) is 11.5 Å². The molecule has 2 aromatic rings. The molecule has 2 aromatic carbocycles. The fourth-order valence-corrected chi connectivity index (χ4v) is 2.66. The van der Waals surface area contributed by atoms with E-state index in [2.05, 4.69) is 15.9 Å². The summed E-state index contributed by atoms with van der Waals surface area (Å²) in [5.41, 5.74) is 3.98. The van der Waals surface area contributed by atoms with Gasteiger partial charge >= 0.3 is 0 Å². The van der Waals surface area contributed by atoms with Gasteiger partial charge in [-0.25, -0.2) is 0 Å². The van der Waals surface area contributed by atoms with E-state index in [9.17, 15) is 5.11 Å². The van der Waals surface area contributed by atoms with Crippen LogP contribution in [0.4, 0.5) is 0 Å². The molecular weight excluding hydrogens is 332 g/mol. The van der Waals surface area contributed by atoms with Crippen molar-refractivity contribution in [2.24, 2.45) is 0 Å². The van der Waals surface area contributed by atoms with Crippen molar-refractivity contribution in [2.45, 2.75) is 27.1 Å². The first-order valence-corrected chi connectivity index (χ1v) is 7.50. The van der Waals surface area contributed by atoms with Crippen LogP contribution in [0.1, 0.15) is 22.3 Å². The first kappa shape index (κ1) is 15.9. The Kier molecular flexibility index (Phi) is 5.26. The second-order valence-corrected chi connectivity index (χ2v) is 5.82. The van der Waals surface area contributed by atoms with Gasteiger partial charge in [-0.3, -0.25) is 0 Å². The van der Waals surface area contributed by atoms with Gasteiger partial charge in [0.2, 0.25) is 0 Å². The van der Waals surface area contributed by atoms with Gasteiger partial charge in [-0.05, 0) is 48.7 Å². The topological polar surface area (TPSA) is 38.7 Å². The number of aryl methyl sites for hydroxylation is 2. The van der Waals surface area contributed by atoms with Gasteiger partial charge in [0.25, 0.3) is 0 Å². The van der Waals surface area contributed by atoms with Crippen LogP contribution in [0.2, 0.25) is 0 Å². The highest BCUT2D eigenvalue weighted by atomic mass is 79.9. The van der Waals surface area contributed by atoms with Crippen LogP contribution in [0, 0.1) is 13.8 Å². The van der Waals surface area contributed by atoms with Crippen molar-refractivity contribution < 1.29 is 14.6 Å². The lowest BCUT2D eigenvalue weighted by atomic mass is 10.1. The lowest BCUT2D eigenvalue weighted by molar-refractivity contribution is 0.280. The van der Waals surface area contributed by atoms with E-state index in [1.54, 1.807) is 7.11 Å². The molecule has 0 bridgehead atoms. The van der Waals surface area contributed by atoms with Crippen LogP contribution in [0.25, 0.3) is 0 Å². The Morgan fingerprint density at radius 2 is 1.76 bits per heavy atom. The molecule has 0 saturated carbocycles. The third-order valence-electron chi connectivity index (χ3n) is 3.33. The van der Waals surface area contributed by atoms with Crippen LogP contribution in [0.5, 0.6) is 11.5 Å². The number of benzene rings is 2. The summed E-state index contributed by atoms with van der Waals surface area (Å²) < 4.78 is 12.2. The van der Waals surface area contributed by atoms with E-state index in [1.165, 1.54) is 0 Å². The highest BCUT2D eigenvalue weighted by molar-refractivity contribution is 9.10. The molecule has 21 heavy (non-hydrogen) atoms. The molecule has 0 unspecified atom stereocenters. The van der Waals surface area contributed by atoms with Crippen LogP contribution in [0.3, 0.4) is 0 Å². The van der Waals surface area contributed by atoms with E-state index < -0.39 is 0 Å². The molecule has 0 radical (unpaired) electrons. The molecule has 0 aliphatic heterocycles. The van der Waals surface area contributed by atoms with Crippen LogP contribution < -0.4 is 9.47 Å². The largest absolute Gasteiger partial charge is 0.497 e. The van der Waals surface area contributed by atoms with Crippen LogP contribution in [-0.2, 0) is 13.2 Å². The van der Waals surface area contributed by atoms with Crippen LogP contribution >= 0.6 is 15.9 Å². The predicted molar refractivity (Wildman–Crippen MR) is 86.9 cm³/mol. The molecule has 3 nitrogen and oxygen atoms in total. The number of hydrogen-bond donors (Lipinski definition) is 1. The van der Waals surface area contributed by atoms with E-state index >= 15 is 0 Å². The summed E-state index contributed by atoms with van der Waals surface area (Å²) in [5.74, 6) is 1.67. The quantitative estimate of drug-likeness (QED) is 0.880. The van der Waals surface area contributed by atoms with Gasteiger partial charge in [0.05, 0.1) is 13.7 Å². The average Bonchev–Trinajstić information content (AvgIpc) is 2.47. The lowest BCUT2D eigenvalue weighted by Crippen LogP contribution is -2.01. The summed E-state index contributed by atoms with van der Waals surface area (Å²) >= 11 is 3.52. The number of aliphatic hydroxyl groups excluding tert-OH is 1. The molecule has 1 N–H and O–H groups in total. The van der Waals surface area contributed by atoms with Crippen molar-refractivity contribution in [3.63, 3.8) is 0 Å². The highest BCUT2D eigenvalue weighted by Gasteiger charge is 2.09. The molecule has 0 saturated heterocycles. The minimum absolute atomic E-state index is 0.0450. The Labute approximate surface area is 133 Å². The zero-order valence-electron chi connectivity index (χ0n) is 12.4. The highest BCUT2D eigenvalue weighted by Crippen LogP contribution is 2.28. The zero-order valence-corrected chi connectivity index (χ0v) is 14.0. The molecule has 0 atom stereocenters. The molecule has 4 heteroatoms. The number of halogens is 1. The smallest absolute Gasteiger partial charge is 0.125 e. The number of ether oxygens (including phenoxy) is 2. The second-order valence-electron chi connectivity index (χ2n) is 4.96. The Hall–Kier alpha value is -1.52. The van der Waals surface area contributed by atoms with Gasteiger partial charge in [0.1, 0.15) is 18.1 Å². The first-order chi connectivity index (χ1) is 10.0. The maximum atomic E-state index is 9.22. The summed E-state index contributed by atoms with van der Waals surface area (Å²) in [5, 5.41) is 9.22. The molecule has 0 spiro atoms. The van der Waals surface area contributed by atoms with Gasteiger partial charge < -0.3 is 14.6 Å². The van der Waals surface area contributed by atoms with E-state index in [4.69, 9.17) is 9.47 Å². The third kappa shape index (κ3) is 3.77. The normalized spacial score (nSPS) is 10.5. The lowest BCUT2D eigenvalue weighted by Gasteiger charge is -2.15. The standard InChI is InChI=1S/C17H19BrO3/c1-11-6-13(9-19)7-12(2)17(11)21-10-14-8-15(20-3)4-5-16(14)18/h4-8,19H,9-10H2,1-3H3. The first-order valence-electron chi connectivity index (χ1n) is 6.71. The van der Waals surface area contributed by atoms with Gasteiger partial charge in [0.15, 0.2) is 0 Å². The minimum atomic E-state index is 0.0450. The van der Waals surface area contributed by atoms with Crippen molar-refractivity contribution in [2.75, 3.05) is 7.11 Å². The maximum absolute atomic E-state index is 9.22. The predicted octanol–water partition coefficient (Wildman–Crippen LogP) is 4.15. The third-order valence-corrected chi connectivity index (χ3v) is 4.10. The minimum Gasteiger partial charge on any atom is -0.497 e. The SMILES string of the molecule is COc1ccc(Br)c(COc2c(C)cc(CO)cc2C)c1. The van der Waals surface area contributed by atoms with Crippen molar-refractivity contribution in [3.05, 3.63) is 57.1 Å². The van der Waals surface area contributed by atoms with Crippen molar-refractivity contribution in [1.29, 1.82) is 0 Å². The van der Waals surface area contributed by atoms with Gasteiger partial charge in [0, 0.05) is 10.0 Å². The molecular formula is C17H19BrO3. The molecule has 2 rings (SSSR count). The zero-order chi connectivity index (χ0) is 15.4. The summed E-state index contributed by atoms with van der Waals surface area (Å²) in [6.07, 6.45) is 0. The maximum Gasteiger partial charge on any atom is 0.125 e. The van der Waals surface area contributed by atoms with Crippen LogP contribution in [-0.4, -0.2) is 12.2 Å². The fraction of sp³-hybridized carbons (Fsp3) is 0.294. The van der Waals surface area contributed by atoms with E-state index in [-0.39, 0.29) is 6.61 Å². The second kappa shape index (κ2) is 6.96. The molecule has 0 aliphatic carbocycles. The Bertz CT molecular complexity index is 615. The fourth-order valence-electron chi connectivity index (χ4n) is 2.30. The average molecular weight is 351 g/mol.